The SMILES string of the molecule is CN[C@@H](C)[C@H](c1ccc(OCc2ccccc2)cc1)N(C)C. The lowest BCUT2D eigenvalue weighted by atomic mass is 9.99. The molecule has 22 heavy (non-hydrogen) atoms. The molecule has 1 N–H and O–H groups in total. The van der Waals surface area contributed by atoms with Gasteiger partial charge in [0, 0.05) is 12.1 Å². The number of hydrogen-bond acceptors (Lipinski definition) is 3. The Balaban J connectivity index is 2.03. The Morgan fingerprint density at radius 1 is 1.00 bits per heavy atom. The highest BCUT2D eigenvalue weighted by atomic mass is 16.5. The maximum absolute atomic E-state index is 5.84. The van der Waals surface area contributed by atoms with Crippen LogP contribution in [0.15, 0.2) is 54.6 Å². The van der Waals surface area contributed by atoms with E-state index < -0.39 is 0 Å². The third-order valence-electron chi connectivity index (χ3n) is 3.96. The second kappa shape index (κ2) is 7.97. The highest BCUT2D eigenvalue weighted by Crippen LogP contribution is 2.24. The van der Waals surface area contributed by atoms with Crippen LogP contribution in [0.1, 0.15) is 24.1 Å². The summed E-state index contributed by atoms with van der Waals surface area (Å²) in [6.45, 7) is 2.80. The molecule has 3 heteroatoms. The molecule has 3 nitrogen and oxygen atoms in total. The Bertz CT molecular complexity index is 551. The minimum Gasteiger partial charge on any atom is -0.489 e. The van der Waals surface area contributed by atoms with E-state index in [0.29, 0.717) is 18.7 Å². The molecule has 0 radical (unpaired) electrons. The van der Waals surface area contributed by atoms with Crippen molar-refractivity contribution in [3.63, 3.8) is 0 Å². The predicted molar refractivity (Wildman–Crippen MR) is 92.2 cm³/mol. The van der Waals surface area contributed by atoms with Gasteiger partial charge >= 0.3 is 0 Å². The van der Waals surface area contributed by atoms with Gasteiger partial charge in [-0.1, -0.05) is 42.5 Å². The second-order valence-corrected chi connectivity index (χ2v) is 5.83. The standard InChI is InChI=1S/C19H26N2O/c1-15(20-2)19(21(3)4)17-10-12-18(13-11-17)22-14-16-8-6-5-7-9-16/h5-13,15,19-20H,14H2,1-4H3/t15-,19+/m0/s1. The number of nitrogens with one attached hydrogen (secondary N) is 1. The van der Waals surface area contributed by atoms with Gasteiger partial charge in [0.1, 0.15) is 12.4 Å². The molecule has 0 saturated heterocycles. The van der Waals surface area contributed by atoms with E-state index in [1.54, 1.807) is 0 Å². The molecule has 2 atom stereocenters. The fourth-order valence-corrected chi connectivity index (χ4v) is 2.69. The molecule has 2 aromatic carbocycles. The molecular formula is C19H26N2O. The number of benzene rings is 2. The van der Waals surface area contributed by atoms with Crippen LogP contribution in [0.3, 0.4) is 0 Å². The normalized spacial score (nSPS) is 13.9. The predicted octanol–water partition coefficient (Wildman–Crippen LogP) is 3.48. The monoisotopic (exact) mass is 298 g/mol. The van der Waals surface area contributed by atoms with Gasteiger partial charge in [-0.15, -0.1) is 0 Å². The van der Waals surface area contributed by atoms with Crippen molar-refractivity contribution in [3.05, 3.63) is 65.7 Å². The van der Waals surface area contributed by atoms with Crippen molar-refractivity contribution in [1.29, 1.82) is 0 Å². The first-order valence-corrected chi connectivity index (χ1v) is 7.72. The maximum atomic E-state index is 5.84. The van der Waals surface area contributed by atoms with Crippen LogP contribution in [0, 0.1) is 0 Å². The first kappa shape index (κ1) is 16.5. The first-order chi connectivity index (χ1) is 10.6. The molecule has 0 amide bonds. The molecule has 0 aromatic heterocycles. The molecule has 118 valence electrons. The zero-order valence-electron chi connectivity index (χ0n) is 13.9. The highest BCUT2D eigenvalue weighted by molar-refractivity contribution is 5.30. The third kappa shape index (κ3) is 4.33. The summed E-state index contributed by atoms with van der Waals surface area (Å²) in [6, 6.07) is 19.4. The quantitative estimate of drug-likeness (QED) is 0.847. The molecule has 0 saturated carbocycles. The minimum atomic E-state index is 0.341. The minimum absolute atomic E-state index is 0.341. The van der Waals surface area contributed by atoms with Gasteiger partial charge in [-0.3, -0.25) is 0 Å². The van der Waals surface area contributed by atoms with Crippen LogP contribution >= 0.6 is 0 Å². The molecule has 0 aliphatic heterocycles. The molecule has 0 fully saturated rings. The van der Waals surface area contributed by atoms with Gasteiger partial charge in [0.25, 0.3) is 0 Å². The molecule has 0 aliphatic rings. The Hall–Kier alpha value is -1.84. The first-order valence-electron chi connectivity index (χ1n) is 7.72. The summed E-state index contributed by atoms with van der Waals surface area (Å²) in [5.74, 6) is 0.905. The average Bonchev–Trinajstić information content (AvgIpc) is 2.54. The van der Waals surface area contributed by atoms with Gasteiger partial charge in [0.05, 0.1) is 0 Å². The van der Waals surface area contributed by atoms with Gasteiger partial charge in [-0.2, -0.15) is 0 Å². The fraction of sp³-hybridized carbons (Fsp3) is 0.368. The zero-order valence-corrected chi connectivity index (χ0v) is 13.9. The lowest BCUT2D eigenvalue weighted by Crippen LogP contribution is -2.37. The summed E-state index contributed by atoms with van der Waals surface area (Å²) in [5.41, 5.74) is 2.47. The van der Waals surface area contributed by atoms with Crippen LogP contribution < -0.4 is 10.1 Å². The van der Waals surface area contributed by atoms with Gasteiger partial charge < -0.3 is 15.0 Å². The van der Waals surface area contributed by atoms with Gasteiger partial charge in [0.2, 0.25) is 0 Å². The molecule has 0 aliphatic carbocycles. The lowest BCUT2D eigenvalue weighted by molar-refractivity contribution is 0.247. The smallest absolute Gasteiger partial charge is 0.119 e. The maximum Gasteiger partial charge on any atom is 0.119 e. The number of hydrogen-bond donors (Lipinski definition) is 1. The average molecular weight is 298 g/mol. The van der Waals surface area contributed by atoms with Crippen molar-refractivity contribution in [2.24, 2.45) is 0 Å². The van der Waals surface area contributed by atoms with Crippen LogP contribution in [0.2, 0.25) is 0 Å². The van der Waals surface area contributed by atoms with Crippen molar-refractivity contribution in [1.82, 2.24) is 10.2 Å². The van der Waals surface area contributed by atoms with E-state index in [0.717, 1.165) is 5.75 Å². The van der Waals surface area contributed by atoms with E-state index in [4.69, 9.17) is 4.74 Å². The van der Waals surface area contributed by atoms with Crippen LogP contribution in [-0.2, 0) is 6.61 Å². The summed E-state index contributed by atoms with van der Waals surface area (Å²) in [6.07, 6.45) is 0. The summed E-state index contributed by atoms with van der Waals surface area (Å²) in [5, 5.41) is 3.33. The van der Waals surface area contributed by atoms with Crippen LogP contribution in [-0.4, -0.2) is 32.1 Å². The Morgan fingerprint density at radius 2 is 1.64 bits per heavy atom. The summed E-state index contributed by atoms with van der Waals surface area (Å²) in [7, 11) is 6.22. The molecule has 2 aromatic rings. The van der Waals surface area contributed by atoms with Gasteiger partial charge in [-0.05, 0) is 51.3 Å². The van der Waals surface area contributed by atoms with Crippen molar-refractivity contribution in [3.8, 4) is 5.75 Å². The van der Waals surface area contributed by atoms with Crippen LogP contribution in [0.25, 0.3) is 0 Å². The number of rotatable bonds is 7. The van der Waals surface area contributed by atoms with E-state index in [1.165, 1.54) is 11.1 Å². The third-order valence-corrected chi connectivity index (χ3v) is 3.96. The largest absolute Gasteiger partial charge is 0.489 e. The molecular weight excluding hydrogens is 272 g/mol. The van der Waals surface area contributed by atoms with Crippen molar-refractivity contribution in [2.75, 3.05) is 21.1 Å². The molecule has 0 bridgehead atoms. The summed E-state index contributed by atoms with van der Waals surface area (Å²) in [4.78, 5) is 2.24. The van der Waals surface area contributed by atoms with E-state index in [1.807, 2.05) is 25.2 Å². The number of ether oxygens (including phenoxy) is 1. The topological polar surface area (TPSA) is 24.5 Å². The van der Waals surface area contributed by atoms with Crippen molar-refractivity contribution >= 4 is 0 Å². The Kier molecular flexibility index (Phi) is 5.99. The summed E-state index contributed by atoms with van der Waals surface area (Å²) >= 11 is 0. The van der Waals surface area contributed by atoms with E-state index in [-0.39, 0.29) is 0 Å². The Morgan fingerprint density at radius 3 is 2.18 bits per heavy atom. The van der Waals surface area contributed by atoms with Gasteiger partial charge in [-0.25, -0.2) is 0 Å². The lowest BCUT2D eigenvalue weighted by Gasteiger charge is -2.30. The number of likely N-dealkylation sites (N-methyl/N-ethyl adjacent to an activating group) is 2. The van der Waals surface area contributed by atoms with Crippen molar-refractivity contribution in [2.45, 2.75) is 25.6 Å². The number of nitrogens with zero attached hydrogens (tertiary/aromatic N) is 1. The van der Waals surface area contributed by atoms with Crippen LogP contribution in [0.5, 0.6) is 5.75 Å². The fourth-order valence-electron chi connectivity index (χ4n) is 2.69. The van der Waals surface area contributed by atoms with E-state index >= 15 is 0 Å². The van der Waals surface area contributed by atoms with E-state index in [2.05, 4.69) is 67.6 Å². The summed E-state index contributed by atoms with van der Waals surface area (Å²) < 4.78 is 5.84. The molecule has 2 rings (SSSR count). The van der Waals surface area contributed by atoms with E-state index in [9.17, 15) is 0 Å². The highest BCUT2D eigenvalue weighted by Gasteiger charge is 2.19. The molecule has 0 spiro atoms. The van der Waals surface area contributed by atoms with Gasteiger partial charge in [0.15, 0.2) is 0 Å². The van der Waals surface area contributed by atoms with Crippen LogP contribution in [0.4, 0.5) is 0 Å². The second-order valence-electron chi connectivity index (χ2n) is 5.83. The Labute approximate surface area is 133 Å². The molecule has 0 unspecified atom stereocenters. The zero-order chi connectivity index (χ0) is 15.9. The molecule has 0 heterocycles. The van der Waals surface area contributed by atoms with Crippen molar-refractivity contribution < 1.29 is 4.74 Å².